The van der Waals surface area contributed by atoms with E-state index >= 15 is 0 Å². The summed E-state index contributed by atoms with van der Waals surface area (Å²) in [7, 11) is 0. The Balaban J connectivity index is 1.77. The Bertz CT molecular complexity index is 343. The number of likely N-dealkylation sites (N-methyl/N-ethyl adjacent to an activating group) is 1. The van der Waals surface area contributed by atoms with Gasteiger partial charge in [0.2, 0.25) is 0 Å². The highest BCUT2D eigenvalue weighted by Gasteiger charge is 2.15. The van der Waals surface area contributed by atoms with Gasteiger partial charge in [0, 0.05) is 49.0 Å². The highest BCUT2D eigenvalue weighted by Crippen LogP contribution is 2.19. The third-order valence-corrected chi connectivity index (χ3v) is 4.63. The Labute approximate surface area is 115 Å². The van der Waals surface area contributed by atoms with Crippen LogP contribution in [0.15, 0.2) is 12.1 Å². The van der Waals surface area contributed by atoms with Crippen LogP contribution < -0.4 is 5.32 Å². The van der Waals surface area contributed by atoms with Gasteiger partial charge in [0.15, 0.2) is 0 Å². The van der Waals surface area contributed by atoms with Crippen LogP contribution in [0.4, 0.5) is 0 Å². The number of nitrogens with one attached hydrogen (secondary N) is 1. The monoisotopic (exact) mass is 267 g/mol. The van der Waals surface area contributed by atoms with E-state index in [0.29, 0.717) is 0 Å². The largest absolute Gasteiger partial charge is 0.312 e. The summed E-state index contributed by atoms with van der Waals surface area (Å²) in [5, 5.41) is 3.39. The molecule has 1 aliphatic rings. The maximum atomic E-state index is 3.39. The van der Waals surface area contributed by atoms with Gasteiger partial charge in [0.05, 0.1) is 0 Å². The second kappa shape index (κ2) is 7.24. The van der Waals surface area contributed by atoms with Crippen molar-refractivity contribution in [2.75, 3.05) is 39.3 Å². The molecule has 0 unspecified atom stereocenters. The fraction of sp³-hybridized carbons (Fsp3) is 0.714. The van der Waals surface area contributed by atoms with Crippen LogP contribution in [0.3, 0.4) is 0 Å². The molecular formula is C14H25N3S. The Kier molecular flexibility index (Phi) is 5.63. The molecule has 1 aromatic rings. The molecule has 4 heteroatoms. The SMILES string of the molecule is CCNCc1ccc(CN2CCN(CC)CC2)s1. The molecule has 102 valence electrons. The molecule has 0 bridgehead atoms. The van der Waals surface area contributed by atoms with Gasteiger partial charge in [-0.3, -0.25) is 4.90 Å². The molecule has 0 spiro atoms. The van der Waals surface area contributed by atoms with E-state index in [1.165, 1.54) is 42.5 Å². The van der Waals surface area contributed by atoms with Crippen LogP contribution in [-0.2, 0) is 13.1 Å². The number of hydrogen-bond acceptors (Lipinski definition) is 4. The van der Waals surface area contributed by atoms with Crippen LogP contribution >= 0.6 is 11.3 Å². The molecule has 1 aromatic heterocycles. The highest BCUT2D eigenvalue weighted by atomic mass is 32.1. The first-order valence-electron chi connectivity index (χ1n) is 7.04. The Morgan fingerprint density at radius 2 is 1.72 bits per heavy atom. The van der Waals surface area contributed by atoms with Gasteiger partial charge < -0.3 is 10.2 Å². The van der Waals surface area contributed by atoms with Gasteiger partial charge in [-0.2, -0.15) is 0 Å². The lowest BCUT2D eigenvalue weighted by molar-refractivity contribution is 0.133. The van der Waals surface area contributed by atoms with Crippen molar-refractivity contribution in [1.82, 2.24) is 15.1 Å². The molecule has 2 heterocycles. The molecular weight excluding hydrogens is 242 g/mol. The predicted octanol–water partition coefficient (Wildman–Crippen LogP) is 2.00. The smallest absolute Gasteiger partial charge is 0.0329 e. The van der Waals surface area contributed by atoms with E-state index in [1.54, 1.807) is 0 Å². The molecule has 0 amide bonds. The third kappa shape index (κ3) is 4.05. The van der Waals surface area contributed by atoms with Gasteiger partial charge in [-0.25, -0.2) is 0 Å². The molecule has 0 radical (unpaired) electrons. The van der Waals surface area contributed by atoms with Gasteiger partial charge in [0.25, 0.3) is 0 Å². The first kappa shape index (κ1) is 14.0. The van der Waals surface area contributed by atoms with Crippen molar-refractivity contribution < 1.29 is 0 Å². The minimum atomic E-state index is 1.02. The average molecular weight is 267 g/mol. The number of rotatable bonds is 6. The van der Waals surface area contributed by atoms with E-state index < -0.39 is 0 Å². The molecule has 0 saturated carbocycles. The van der Waals surface area contributed by atoms with Crippen LogP contribution in [0.5, 0.6) is 0 Å². The number of thiophene rings is 1. The first-order chi connectivity index (χ1) is 8.81. The first-order valence-corrected chi connectivity index (χ1v) is 7.86. The summed E-state index contributed by atoms with van der Waals surface area (Å²) < 4.78 is 0. The lowest BCUT2D eigenvalue weighted by Gasteiger charge is -2.33. The van der Waals surface area contributed by atoms with E-state index in [2.05, 4.69) is 41.1 Å². The van der Waals surface area contributed by atoms with Crippen LogP contribution in [0.1, 0.15) is 23.6 Å². The van der Waals surface area contributed by atoms with E-state index in [9.17, 15) is 0 Å². The molecule has 1 N–H and O–H groups in total. The molecule has 0 aromatic carbocycles. The Morgan fingerprint density at radius 1 is 1.06 bits per heavy atom. The fourth-order valence-corrected chi connectivity index (χ4v) is 3.36. The van der Waals surface area contributed by atoms with Crippen molar-refractivity contribution in [3.8, 4) is 0 Å². The van der Waals surface area contributed by atoms with Gasteiger partial charge in [-0.1, -0.05) is 13.8 Å². The van der Waals surface area contributed by atoms with Gasteiger partial charge in [-0.15, -0.1) is 11.3 Å². The topological polar surface area (TPSA) is 18.5 Å². The lowest BCUT2D eigenvalue weighted by atomic mass is 10.3. The molecule has 0 aliphatic carbocycles. The number of piperazine rings is 1. The van der Waals surface area contributed by atoms with E-state index in [-0.39, 0.29) is 0 Å². The highest BCUT2D eigenvalue weighted by molar-refractivity contribution is 7.11. The summed E-state index contributed by atoms with van der Waals surface area (Å²) in [5.41, 5.74) is 0. The van der Waals surface area contributed by atoms with Crippen molar-refractivity contribution in [3.05, 3.63) is 21.9 Å². The van der Waals surface area contributed by atoms with E-state index in [1.807, 2.05) is 11.3 Å². The van der Waals surface area contributed by atoms with E-state index in [4.69, 9.17) is 0 Å². The quantitative estimate of drug-likeness (QED) is 0.850. The lowest BCUT2D eigenvalue weighted by Crippen LogP contribution is -2.45. The van der Waals surface area contributed by atoms with E-state index in [0.717, 1.165) is 19.6 Å². The van der Waals surface area contributed by atoms with Gasteiger partial charge in [-0.05, 0) is 25.2 Å². The standard InChI is InChI=1S/C14H25N3S/c1-3-15-11-13-5-6-14(18-13)12-17-9-7-16(4-2)8-10-17/h5-6,15H,3-4,7-12H2,1-2H3. The van der Waals surface area contributed by atoms with Crippen molar-refractivity contribution >= 4 is 11.3 Å². The molecule has 3 nitrogen and oxygen atoms in total. The zero-order valence-electron chi connectivity index (χ0n) is 11.6. The molecule has 1 fully saturated rings. The summed E-state index contributed by atoms with van der Waals surface area (Å²) in [6.45, 7) is 13.7. The number of hydrogen-bond donors (Lipinski definition) is 1. The third-order valence-electron chi connectivity index (χ3n) is 3.56. The molecule has 0 atom stereocenters. The van der Waals surface area contributed by atoms with Gasteiger partial charge >= 0.3 is 0 Å². The molecule has 1 aliphatic heterocycles. The van der Waals surface area contributed by atoms with Crippen LogP contribution in [-0.4, -0.2) is 49.1 Å². The maximum absolute atomic E-state index is 3.39. The molecule has 18 heavy (non-hydrogen) atoms. The summed E-state index contributed by atoms with van der Waals surface area (Å²) in [6, 6.07) is 4.56. The van der Waals surface area contributed by atoms with Crippen molar-refractivity contribution in [2.45, 2.75) is 26.9 Å². The zero-order chi connectivity index (χ0) is 12.8. The summed E-state index contributed by atoms with van der Waals surface area (Å²) in [5.74, 6) is 0. The summed E-state index contributed by atoms with van der Waals surface area (Å²) in [4.78, 5) is 8.07. The predicted molar refractivity (Wildman–Crippen MR) is 79.1 cm³/mol. The second-order valence-corrected chi connectivity index (χ2v) is 6.11. The van der Waals surface area contributed by atoms with Crippen molar-refractivity contribution in [3.63, 3.8) is 0 Å². The fourth-order valence-electron chi connectivity index (χ4n) is 2.33. The average Bonchev–Trinajstić information content (AvgIpc) is 2.85. The summed E-state index contributed by atoms with van der Waals surface area (Å²) in [6.07, 6.45) is 0. The van der Waals surface area contributed by atoms with Crippen molar-refractivity contribution in [2.24, 2.45) is 0 Å². The second-order valence-electron chi connectivity index (χ2n) is 4.86. The normalized spacial score (nSPS) is 18.3. The van der Waals surface area contributed by atoms with Crippen molar-refractivity contribution in [1.29, 1.82) is 0 Å². The minimum absolute atomic E-state index is 1.02. The van der Waals surface area contributed by atoms with Crippen LogP contribution in [0.2, 0.25) is 0 Å². The Morgan fingerprint density at radius 3 is 2.39 bits per heavy atom. The Hall–Kier alpha value is -0.420. The maximum Gasteiger partial charge on any atom is 0.0329 e. The molecule has 2 rings (SSSR count). The number of nitrogens with zero attached hydrogens (tertiary/aromatic N) is 2. The minimum Gasteiger partial charge on any atom is -0.312 e. The zero-order valence-corrected chi connectivity index (χ0v) is 12.4. The summed E-state index contributed by atoms with van der Waals surface area (Å²) >= 11 is 1.96. The molecule has 1 saturated heterocycles. The van der Waals surface area contributed by atoms with Crippen LogP contribution in [0, 0.1) is 0 Å². The van der Waals surface area contributed by atoms with Gasteiger partial charge in [0.1, 0.15) is 0 Å². The van der Waals surface area contributed by atoms with Crippen LogP contribution in [0.25, 0.3) is 0 Å².